The number of hydrogen-bond acceptors (Lipinski definition) is 4. The SMILES string of the molecule is CSc1nnc([C@@H]2CCCN2Cc2ccc(Cl)c(Cl)c2)n1-c1ccccc1. The largest absolute Gasteiger partial charge is 0.289 e. The minimum absolute atomic E-state index is 0.230. The second-order valence-electron chi connectivity index (χ2n) is 6.59. The average Bonchev–Trinajstić information content (AvgIpc) is 3.31. The van der Waals surface area contributed by atoms with E-state index in [0.717, 1.165) is 48.2 Å². The number of para-hydroxylation sites is 1. The molecule has 140 valence electrons. The van der Waals surface area contributed by atoms with Crippen molar-refractivity contribution in [2.75, 3.05) is 12.8 Å². The summed E-state index contributed by atoms with van der Waals surface area (Å²) in [6, 6.07) is 16.4. The predicted molar refractivity (Wildman–Crippen MR) is 112 cm³/mol. The number of halogens is 2. The zero-order valence-corrected chi connectivity index (χ0v) is 17.3. The fourth-order valence-electron chi connectivity index (χ4n) is 3.63. The van der Waals surface area contributed by atoms with Crippen LogP contribution >= 0.6 is 35.0 Å². The zero-order chi connectivity index (χ0) is 18.8. The molecular weight excluding hydrogens is 399 g/mol. The van der Waals surface area contributed by atoms with E-state index in [9.17, 15) is 0 Å². The fraction of sp³-hybridized carbons (Fsp3) is 0.300. The van der Waals surface area contributed by atoms with E-state index < -0.39 is 0 Å². The Kier molecular flexibility index (Phi) is 5.74. The quantitative estimate of drug-likeness (QED) is 0.502. The van der Waals surface area contributed by atoms with Crippen molar-refractivity contribution in [1.82, 2.24) is 19.7 Å². The summed E-state index contributed by atoms with van der Waals surface area (Å²) in [5.74, 6) is 1.00. The van der Waals surface area contributed by atoms with E-state index in [4.69, 9.17) is 23.2 Å². The van der Waals surface area contributed by atoms with Gasteiger partial charge in [-0.05, 0) is 55.5 Å². The molecule has 0 spiro atoms. The van der Waals surface area contributed by atoms with E-state index in [1.165, 1.54) is 0 Å². The van der Waals surface area contributed by atoms with Crippen LogP contribution in [0.4, 0.5) is 0 Å². The summed E-state index contributed by atoms with van der Waals surface area (Å²) in [5, 5.41) is 11.1. The van der Waals surface area contributed by atoms with Gasteiger partial charge in [-0.2, -0.15) is 0 Å². The average molecular weight is 419 g/mol. The van der Waals surface area contributed by atoms with E-state index in [1.807, 2.05) is 42.7 Å². The maximum absolute atomic E-state index is 6.20. The molecule has 0 N–H and O–H groups in total. The van der Waals surface area contributed by atoms with Crippen LogP contribution < -0.4 is 0 Å². The number of benzene rings is 2. The van der Waals surface area contributed by atoms with Gasteiger partial charge in [0.25, 0.3) is 0 Å². The van der Waals surface area contributed by atoms with Gasteiger partial charge in [0, 0.05) is 12.2 Å². The number of nitrogens with zero attached hydrogens (tertiary/aromatic N) is 4. The first kappa shape index (κ1) is 18.8. The Hall–Kier alpha value is -1.53. The third-order valence-electron chi connectivity index (χ3n) is 4.89. The molecule has 1 aliphatic heterocycles. The van der Waals surface area contributed by atoms with Gasteiger partial charge >= 0.3 is 0 Å². The van der Waals surface area contributed by atoms with Gasteiger partial charge in [-0.1, -0.05) is 59.2 Å². The maximum Gasteiger partial charge on any atom is 0.195 e. The molecule has 1 atom stereocenters. The molecule has 4 nitrogen and oxygen atoms in total. The Bertz CT molecular complexity index is 929. The summed E-state index contributed by atoms with van der Waals surface area (Å²) in [7, 11) is 0. The van der Waals surface area contributed by atoms with Crippen LogP contribution in [0.2, 0.25) is 10.0 Å². The lowest BCUT2D eigenvalue weighted by atomic mass is 10.1. The van der Waals surface area contributed by atoms with Gasteiger partial charge in [0.2, 0.25) is 0 Å². The van der Waals surface area contributed by atoms with Gasteiger partial charge in [0.15, 0.2) is 11.0 Å². The van der Waals surface area contributed by atoms with Crippen molar-refractivity contribution in [2.24, 2.45) is 0 Å². The Balaban J connectivity index is 1.66. The summed E-state index contributed by atoms with van der Waals surface area (Å²) in [6.07, 6.45) is 4.25. The number of thioether (sulfide) groups is 1. The van der Waals surface area contributed by atoms with Gasteiger partial charge in [-0.3, -0.25) is 9.47 Å². The van der Waals surface area contributed by atoms with E-state index in [2.05, 4.69) is 31.8 Å². The van der Waals surface area contributed by atoms with Crippen LogP contribution in [0.25, 0.3) is 5.69 Å². The molecule has 1 fully saturated rings. The Morgan fingerprint density at radius 3 is 2.63 bits per heavy atom. The molecular formula is C20H20Cl2N4S. The lowest BCUT2D eigenvalue weighted by Gasteiger charge is -2.24. The normalized spacial score (nSPS) is 17.5. The number of aromatic nitrogens is 3. The lowest BCUT2D eigenvalue weighted by molar-refractivity contribution is 0.237. The van der Waals surface area contributed by atoms with Crippen molar-refractivity contribution >= 4 is 35.0 Å². The molecule has 0 aliphatic carbocycles. The third kappa shape index (κ3) is 3.87. The second-order valence-corrected chi connectivity index (χ2v) is 8.18. The Labute approximate surface area is 173 Å². The van der Waals surface area contributed by atoms with Crippen LogP contribution in [-0.2, 0) is 6.54 Å². The summed E-state index contributed by atoms with van der Waals surface area (Å²) >= 11 is 13.9. The minimum atomic E-state index is 0.230. The van der Waals surface area contributed by atoms with Gasteiger partial charge in [-0.25, -0.2) is 0 Å². The van der Waals surface area contributed by atoms with Crippen LogP contribution in [0.5, 0.6) is 0 Å². The van der Waals surface area contributed by atoms with Crippen LogP contribution in [0.1, 0.15) is 30.3 Å². The van der Waals surface area contributed by atoms with E-state index in [1.54, 1.807) is 11.8 Å². The second kappa shape index (κ2) is 8.23. The van der Waals surface area contributed by atoms with Crippen molar-refractivity contribution in [3.63, 3.8) is 0 Å². The molecule has 27 heavy (non-hydrogen) atoms. The summed E-state index contributed by atoms with van der Waals surface area (Å²) in [4.78, 5) is 2.45. The van der Waals surface area contributed by atoms with Gasteiger partial charge in [0.05, 0.1) is 16.1 Å². The first-order valence-corrected chi connectivity index (χ1v) is 10.9. The van der Waals surface area contributed by atoms with E-state index in [-0.39, 0.29) is 6.04 Å². The molecule has 0 unspecified atom stereocenters. The molecule has 0 amide bonds. The van der Waals surface area contributed by atoms with Crippen molar-refractivity contribution in [3.8, 4) is 5.69 Å². The smallest absolute Gasteiger partial charge is 0.195 e. The van der Waals surface area contributed by atoms with Crippen molar-refractivity contribution in [3.05, 3.63) is 70.0 Å². The molecule has 2 aromatic carbocycles. The fourth-order valence-corrected chi connectivity index (χ4v) is 4.45. The van der Waals surface area contributed by atoms with Gasteiger partial charge in [-0.15, -0.1) is 10.2 Å². The molecule has 0 saturated carbocycles. The molecule has 3 aromatic rings. The van der Waals surface area contributed by atoms with E-state index >= 15 is 0 Å². The molecule has 1 saturated heterocycles. The van der Waals surface area contributed by atoms with E-state index in [0.29, 0.717) is 10.0 Å². The molecule has 4 rings (SSSR count). The monoisotopic (exact) mass is 418 g/mol. The summed E-state index contributed by atoms with van der Waals surface area (Å²) in [5.41, 5.74) is 2.26. The Morgan fingerprint density at radius 2 is 1.89 bits per heavy atom. The van der Waals surface area contributed by atoms with Crippen molar-refractivity contribution in [1.29, 1.82) is 0 Å². The number of rotatable bonds is 5. The van der Waals surface area contributed by atoms with Gasteiger partial charge in [0.1, 0.15) is 0 Å². The summed E-state index contributed by atoms with van der Waals surface area (Å²) < 4.78 is 2.18. The van der Waals surface area contributed by atoms with Crippen LogP contribution in [0.3, 0.4) is 0 Å². The number of likely N-dealkylation sites (tertiary alicyclic amines) is 1. The topological polar surface area (TPSA) is 34.0 Å². The molecule has 1 aromatic heterocycles. The lowest BCUT2D eigenvalue weighted by Crippen LogP contribution is -2.25. The first-order valence-electron chi connectivity index (χ1n) is 8.90. The standard InChI is InChI=1S/C20H20Cl2N4S/c1-27-20-24-23-19(26(20)15-6-3-2-4-7-15)18-8-5-11-25(18)13-14-9-10-16(21)17(22)12-14/h2-4,6-7,9-10,12,18H,5,8,11,13H2,1H3/t18-/m0/s1. The Morgan fingerprint density at radius 1 is 1.07 bits per heavy atom. The maximum atomic E-state index is 6.20. The third-order valence-corrected chi connectivity index (χ3v) is 6.26. The van der Waals surface area contributed by atoms with Crippen molar-refractivity contribution < 1.29 is 0 Å². The molecule has 7 heteroatoms. The highest BCUT2D eigenvalue weighted by Crippen LogP contribution is 2.35. The zero-order valence-electron chi connectivity index (χ0n) is 15.0. The van der Waals surface area contributed by atoms with Crippen LogP contribution in [0, 0.1) is 0 Å². The van der Waals surface area contributed by atoms with Gasteiger partial charge < -0.3 is 0 Å². The molecule has 2 heterocycles. The van der Waals surface area contributed by atoms with Crippen LogP contribution in [0.15, 0.2) is 53.7 Å². The highest BCUT2D eigenvalue weighted by Gasteiger charge is 2.31. The molecule has 0 bridgehead atoms. The highest BCUT2D eigenvalue weighted by molar-refractivity contribution is 7.98. The summed E-state index contributed by atoms with van der Waals surface area (Å²) in [6.45, 7) is 1.85. The minimum Gasteiger partial charge on any atom is -0.289 e. The first-order chi connectivity index (χ1) is 13.2. The van der Waals surface area contributed by atoms with Crippen LogP contribution in [-0.4, -0.2) is 32.5 Å². The highest BCUT2D eigenvalue weighted by atomic mass is 35.5. The number of hydrogen-bond donors (Lipinski definition) is 0. The van der Waals surface area contributed by atoms with Crippen molar-refractivity contribution in [2.45, 2.75) is 30.6 Å². The molecule has 0 radical (unpaired) electrons. The predicted octanol–water partition coefficient (Wildman–Crippen LogP) is 5.63. The molecule has 1 aliphatic rings.